The highest BCUT2D eigenvalue weighted by molar-refractivity contribution is 6.29. The van der Waals surface area contributed by atoms with Crippen LogP contribution in [0.1, 0.15) is 0 Å². The van der Waals surface area contributed by atoms with Crippen molar-refractivity contribution >= 4 is 23.2 Å². The number of carbonyl (C=O) groups excluding carboxylic acids is 1. The standard InChI is InChI=1S/C13H11ClN2O/c14-8-13(17)16-11-6-7-12(15-9-11)10-4-2-1-3-5-10/h1-7,9H,8H2,(H,16,17). The molecule has 0 bridgehead atoms. The molecule has 86 valence electrons. The van der Waals surface area contributed by atoms with Gasteiger partial charge in [0.05, 0.1) is 17.6 Å². The number of carbonyl (C=O) groups is 1. The van der Waals surface area contributed by atoms with Crippen LogP contribution in [0.5, 0.6) is 0 Å². The van der Waals surface area contributed by atoms with E-state index in [9.17, 15) is 4.79 Å². The molecule has 0 saturated carbocycles. The predicted molar refractivity (Wildman–Crippen MR) is 69.0 cm³/mol. The fourth-order valence-electron chi connectivity index (χ4n) is 1.44. The van der Waals surface area contributed by atoms with Crippen molar-refractivity contribution in [1.82, 2.24) is 4.98 Å². The molecule has 1 heterocycles. The van der Waals surface area contributed by atoms with E-state index in [4.69, 9.17) is 11.6 Å². The van der Waals surface area contributed by atoms with Crippen molar-refractivity contribution in [2.45, 2.75) is 0 Å². The summed E-state index contributed by atoms with van der Waals surface area (Å²) in [6.07, 6.45) is 1.62. The second kappa shape index (κ2) is 5.46. The molecule has 1 N–H and O–H groups in total. The third-order valence-corrected chi connectivity index (χ3v) is 2.48. The van der Waals surface area contributed by atoms with Gasteiger partial charge in [-0.05, 0) is 12.1 Å². The summed E-state index contributed by atoms with van der Waals surface area (Å²) in [6.45, 7) is 0. The van der Waals surface area contributed by atoms with E-state index in [1.807, 2.05) is 36.4 Å². The molecule has 0 aliphatic heterocycles. The largest absolute Gasteiger partial charge is 0.324 e. The maximum absolute atomic E-state index is 11.1. The third kappa shape index (κ3) is 3.04. The lowest BCUT2D eigenvalue weighted by molar-refractivity contribution is -0.113. The minimum absolute atomic E-state index is 0.0551. The number of alkyl halides is 1. The molecule has 1 aromatic carbocycles. The van der Waals surface area contributed by atoms with E-state index in [-0.39, 0.29) is 11.8 Å². The monoisotopic (exact) mass is 246 g/mol. The summed E-state index contributed by atoms with van der Waals surface area (Å²) in [4.78, 5) is 15.3. The lowest BCUT2D eigenvalue weighted by Gasteiger charge is -2.04. The van der Waals surface area contributed by atoms with Crippen molar-refractivity contribution in [3.8, 4) is 11.3 Å². The first-order valence-corrected chi connectivity index (χ1v) is 5.70. The van der Waals surface area contributed by atoms with Crippen LogP contribution in [0.4, 0.5) is 5.69 Å². The van der Waals surface area contributed by atoms with Crippen LogP contribution in [0.15, 0.2) is 48.7 Å². The number of pyridine rings is 1. The Balaban J connectivity index is 2.16. The van der Waals surface area contributed by atoms with Crippen LogP contribution >= 0.6 is 11.6 Å². The summed E-state index contributed by atoms with van der Waals surface area (Å²) >= 11 is 5.40. The minimum Gasteiger partial charge on any atom is -0.324 e. The SMILES string of the molecule is O=C(CCl)Nc1ccc(-c2ccccc2)nc1. The zero-order valence-corrected chi connectivity index (χ0v) is 9.82. The van der Waals surface area contributed by atoms with Crippen molar-refractivity contribution in [3.63, 3.8) is 0 Å². The highest BCUT2D eigenvalue weighted by Gasteiger charge is 2.01. The topological polar surface area (TPSA) is 42.0 Å². The van der Waals surface area contributed by atoms with Gasteiger partial charge in [-0.2, -0.15) is 0 Å². The Labute approximate surface area is 104 Å². The van der Waals surface area contributed by atoms with E-state index in [0.717, 1.165) is 11.3 Å². The van der Waals surface area contributed by atoms with Gasteiger partial charge in [0, 0.05) is 5.56 Å². The van der Waals surface area contributed by atoms with Gasteiger partial charge < -0.3 is 5.32 Å². The Hall–Kier alpha value is -1.87. The smallest absolute Gasteiger partial charge is 0.239 e. The van der Waals surface area contributed by atoms with Gasteiger partial charge in [-0.1, -0.05) is 30.3 Å². The van der Waals surface area contributed by atoms with E-state index in [2.05, 4.69) is 10.3 Å². The number of hydrogen-bond acceptors (Lipinski definition) is 2. The van der Waals surface area contributed by atoms with Gasteiger partial charge >= 0.3 is 0 Å². The molecule has 0 unspecified atom stereocenters. The molecule has 0 radical (unpaired) electrons. The molecule has 0 aliphatic rings. The van der Waals surface area contributed by atoms with Crippen molar-refractivity contribution in [2.75, 3.05) is 11.2 Å². The zero-order chi connectivity index (χ0) is 12.1. The molecule has 0 saturated heterocycles. The van der Waals surface area contributed by atoms with Gasteiger partial charge in [0.15, 0.2) is 0 Å². The highest BCUT2D eigenvalue weighted by Crippen LogP contribution is 2.17. The minimum atomic E-state index is -0.235. The number of amides is 1. The van der Waals surface area contributed by atoms with Crippen molar-refractivity contribution in [1.29, 1.82) is 0 Å². The van der Waals surface area contributed by atoms with Crippen LogP contribution in [-0.4, -0.2) is 16.8 Å². The summed E-state index contributed by atoms with van der Waals surface area (Å²) in [7, 11) is 0. The first-order valence-electron chi connectivity index (χ1n) is 5.17. The molecule has 0 spiro atoms. The van der Waals surface area contributed by atoms with Crippen LogP contribution in [0.25, 0.3) is 11.3 Å². The number of rotatable bonds is 3. The van der Waals surface area contributed by atoms with Crippen LogP contribution in [0.2, 0.25) is 0 Å². The lowest BCUT2D eigenvalue weighted by Crippen LogP contribution is -2.12. The molecule has 2 aromatic rings. The second-order valence-corrected chi connectivity index (χ2v) is 3.75. The van der Waals surface area contributed by atoms with E-state index in [0.29, 0.717) is 5.69 Å². The number of benzene rings is 1. The quantitative estimate of drug-likeness (QED) is 0.846. The third-order valence-electron chi connectivity index (χ3n) is 2.24. The Morgan fingerprint density at radius 1 is 1.18 bits per heavy atom. The normalized spacial score (nSPS) is 9.94. The van der Waals surface area contributed by atoms with Crippen molar-refractivity contribution in [2.24, 2.45) is 0 Å². The van der Waals surface area contributed by atoms with Gasteiger partial charge in [-0.3, -0.25) is 9.78 Å². The summed E-state index contributed by atoms with van der Waals surface area (Å²) < 4.78 is 0. The molecule has 0 atom stereocenters. The molecule has 3 nitrogen and oxygen atoms in total. The van der Waals surface area contributed by atoms with Gasteiger partial charge in [0.1, 0.15) is 5.88 Å². The molecule has 1 aromatic heterocycles. The summed E-state index contributed by atoms with van der Waals surface area (Å²) in [5.74, 6) is -0.290. The lowest BCUT2D eigenvalue weighted by atomic mass is 10.1. The molecule has 1 amide bonds. The highest BCUT2D eigenvalue weighted by atomic mass is 35.5. The molecular weight excluding hydrogens is 236 g/mol. The number of halogens is 1. The molecule has 2 rings (SSSR count). The van der Waals surface area contributed by atoms with E-state index < -0.39 is 0 Å². The van der Waals surface area contributed by atoms with Crippen molar-refractivity contribution < 1.29 is 4.79 Å². The van der Waals surface area contributed by atoms with E-state index in [1.54, 1.807) is 12.3 Å². The summed E-state index contributed by atoms with van der Waals surface area (Å²) in [6, 6.07) is 13.5. The van der Waals surface area contributed by atoms with Crippen LogP contribution in [-0.2, 0) is 4.79 Å². The molecule has 0 aliphatic carbocycles. The fraction of sp³-hybridized carbons (Fsp3) is 0.0769. The maximum Gasteiger partial charge on any atom is 0.239 e. The number of hydrogen-bond donors (Lipinski definition) is 1. The van der Waals surface area contributed by atoms with Gasteiger partial charge in [0.2, 0.25) is 5.91 Å². The fourth-order valence-corrected chi connectivity index (χ4v) is 1.51. The number of nitrogens with one attached hydrogen (secondary N) is 1. The van der Waals surface area contributed by atoms with Crippen LogP contribution in [0, 0.1) is 0 Å². The first-order chi connectivity index (χ1) is 8.29. The van der Waals surface area contributed by atoms with Gasteiger partial charge in [-0.25, -0.2) is 0 Å². The number of aromatic nitrogens is 1. The molecule has 17 heavy (non-hydrogen) atoms. The molecule has 4 heteroatoms. The first kappa shape index (κ1) is 11.6. The number of nitrogens with zero attached hydrogens (tertiary/aromatic N) is 1. The van der Waals surface area contributed by atoms with Crippen LogP contribution in [0.3, 0.4) is 0 Å². The van der Waals surface area contributed by atoms with Crippen LogP contribution < -0.4 is 5.32 Å². The van der Waals surface area contributed by atoms with Gasteiger partial charge in [-0.15, -0.1) is 11.6 Å². The Kier molecular flexibility index (Phi) is 3.73. The summed E-state index contributed by atoms with van der Waals surface area (Å²) in [5, 5.41) is 2.64. The van der Waals surface area contributed by atoms with Gasteiger partial charge in [0.25, 0.3) is 0 Å². The molecule has 0 fully saturated rings. The second-order valence-electron chi connectivity index (χ2n) is 3.48. The Bertz CT molecular complexity index is 497. The average molecular weight is 247 g/mol. The van der Waals surface area contributed by atoms with Crippen molar-refractivity contribution in [3.05, 3.63) is 48.7 Å². The zero-order valence-electron chi connectivity index (χ0n) is 9.06. The number of anilines is 1. The van der Waals surface area contributed by atoms with E-state index >= 15 is 0 Å². The predicted octanol–water partition coefficient (Wildman–Crippen LogP) is 2.93. The Morgan fingerprint density at radius 2 is 1.94 bits per heavy atom. The average Bonchev–Trinajstić information content (AvgIpc) is 2.40. The summed E-state index contributed by atoms with van der Waals surface area (Å²) in [5.41, 5.74) is 2.56. The van der Waals surface area contributed by atoms with E-state index in [1.165, 1.54) is 0 Å². The Morgan fingerprint density at radius 3 is 2.53 bits per heavy atom. The molecular formula is C13H11ClN2O. The maximum atomic E-state index is 11.1.